The van der Waals surface area contributed by atoms with Crippen LogP contribution in [0.15, 0.2) is 11.0 Å². The van der Waals surface area contributed by atoms with E-state index in [0.717, 1.165) is 39.0 Å². The predicted molar refractivity (Wildman–Crippen MR) is 103 cm³/mol. The third-order valence-corrected chi connectivity index (χ3v) is 5.04. The van der Waals surface area contributed by atoms with E-state index in [2.05, 4.69) is 25.2 Å². The standard InChI is InChI=1S/C18H27N7O2/c1-18(2,3)25-15-13(10-19-25)16(27)22-17(21-15)24-8-6-23(7-9-24)11-14(26)20-12-4-5-12/h10,12H,4-9,11H2,1-3H3,(H,20,26)(H,21,22,27). The molecule has 9 heteroatoms. The molecule has 1 amide bonds. The van der Waals surface area contributed by atoms with Gasteiger partial charge in [-0.2, -0.15) is 10.1 Å². The molecule has 146 valence electrons. The third-order valence-electron chi connectivity index (χ3n) is 5.04. The fraction of sp³-hybridized carbons (Fsp3) is 0.667. The zero-order valence-electron chi connectivity index (χ0n) is 16.2. The number of fused-ring (bicyclic) bond motifs is 1. The van der Waals surface area contributed by atoms with Crippen LogP contribution in [0.3, 0.4) is 0 Å². The van der Waals surface area contributed by atoms with Crippen LogP contribution in [0, 0.1) is 0 Å². The van der Waals surface area contributed by atoms with Gasteiger partial charge in [0.25, 0.3) is 5.56 Å². The quantitative estimate of drug-likeness (QED) is 0.798. The highest BCUT2D eigenvalue weighted by molar-refractivity contribution is 5.78. The lowest BCUT2D eigenvalue weighted by molar-refractivity contribution is -0.122. The summed E-state index contributed by atoms with van der Waals surface area (Å²) in [6.45, 7) is 9.50. The van der Waals surface area contributed by atoms with E-state index in [0.29, 0.717) is 29.6 Å². The number of carbonyl (C=O) groups is 1. The molecule has 0 aromatic carbocycles. The summed E-state index contributed by atoms with van der Waals surface area (Å²) >= 11 is 0. The Morgan fingerprint density at radius 1 is 1.26 bits per heavy atom. The van der Waals surface area contributed by atoms with E-state index in [-0.39, 0.29) is 17.0 Å². The third kappa shape index (κ3) is 3.83. The summed E-state index contributed by atoms with van der Waals surface area (Å²) in [5.41, 5.74) is 0.178. The highest BCUT2D eigenvalue weighted by atomic mass is 16.2. The molecule has 4 rings (SSSR count). The van der Waals surface area contributed by atoms with Crippen LogP contribution in [0.25, 0.3) is 11.0 Å². The average molecular weight is 373 g/mol. The van der Waals surface area contributed by atoms with Crippen LogP contribution in [0.4, 0.5) is 5.95 Å². The summed E-state index contributed by atoms with van der Waals surface area (Å²) in [5, 5.41) is 7.88. The number of aromatic amines is 1. The number of carbonyl (C=O) groups excluding carboxylic acids is 1. The molecule has 9 nitrogen and oxygen atoms in total. The van der Waals surface area contributed by atoms with Crippen LogP contribution in [0.1, 0.15) is 33.6 Å². The number of piperazine rings is 1. The van der Waals surface area contributed by atoms with Crippen LogP contribution >= 0.6 is 0 Å². The molecule has 27 heavy (non-hydrogen) atoms. The SMILES string of the molecule is CC(C)(C)n1ncc2c(=O)[nH]c(N3CCN(CC(=O)NC4CC4)CC3)nc21. The van der Waals surface area contributed by atoms with Gasteiger partial charge in [0.15, 0.2) is 5.65 Å². The Balaban J connectivity index is 1.47. The van der Waals surface area contributed by atoms with Crippen LogP contribution < -0.4 is 15.8 Å². The van der Waals surface area contributed by atoms with Crippen LogP contribution in [0.2, 0.25) is 0 Å². The van der Waals surface area contributed by atoms with Crippen molar-refractivity contribution in [3.63, 3.8) is 0 Å². The first-order valence-electron chi connectivity index (χ1n) is 9.56. The molecule has 1 aliphatic heterocycles. The fourth-order valence-corrected chi connectivity index (χ4v) is 3.37. The minimum absolute atomic E-state index is 0.105. The molecule has 0 bridgehead atoms. The molecule has 1 saturated carbocycles. The molecular formula is C18H27N7O2. The highest BCUT2D eigenvalue weighted by Gasteiger charge is 2.26. The van der Waals surface area contributed by atoms with Gasteiger partial charge in [-0.05, 0) is 33.6 Å². The van der Waals surface area contributed by atoms with Crippen molar-refractivity contribution in [2.24, 2.45) is 0 Å². The van der Waals surface area contributed by atoms with E-state index in [4.69, 9.17) is 4.98 Å². The van der Waals surface area contributed by atoms with E-state index >= 15 is 0 Å². The maximum atomic E-state index is 12.5. The Kier molecular flexibility index (Phi) is 4.41. The van der Waals surface area contributed by atoms with Crippen molar-refractivity contribution < 1.29 is 4.79 Å². The van der Waals surface area contributed by atoms with Gasteiger partial charge in [-0.3, -0.25) is 19.5 Å². The summed E-state index contributed by atoms with van der Waals surface area (Å²) in [5.74, 6) is 0.675. The topological polar surface area (TPSA) is 99.2 Å². The zero-order valence-corrected chi connectivity index (χ0v) is 16.2. The Morgan fingerprint density at radius 2 is 1.96 bits per heavy atom. The Labute approximate surface area is 157 Å². The van der Waals surface area contributed by atoms with Crippen molar-refractivity contribution in [1.29, 1.82) is 0 Å². The van der Waals surface area contributed by atoms with Crippen molar-refractivity contribution in [1.82, 2.24) is 30.0 Å². The van der Waals surface area contributed by atoms with Gasteiger partial charge >= 0.3 is 0 Å². The van der Waals surface area contributed by atoms with Gasteiger partial charge in [0.2, 0.25) is 11.9 Å². The van der Waals surface area contributed by atoms with Crippen LogP contribution in [-0.2, 0) is 10.3 Å². The van der Waals surface area contributed by atoms with E-state index in [1.807, 2.05) is 20.8 Å². The van der Waals surface area contributed by atoms with Crippen molar-refractivity contribution in [2.45, 2.75) is 45.2 Å². The molecule has 1 saturated heterocycles. The minimum Gasteiger partial charge on any atom is -0.352 e. The van der Waals surface area contributed by atoms with Gasteiger partial charge in [0.1, 0.15) is 5.39 Å². The Hall–Kier alpha value is -2.42. The minimum atomic E-state index is -0.257. The molecule has 0 radical (unpaired) electrons. The lowest BCUT2D eigenvalue weighted by atomic mass is 10.1. The molecule has 0 unspecified atom stereocenters. The number of aromatic nitrogens is 4. The van der Waals surface area contributed by atoms with Crippen molar-refractivity contribution in [3.05, 3.63) is 16.6 Å². The van der Waals surface area contributed by atoms with Crippen LogP contribution in [0.5, 0.6) is 0 Å². The maximum Gasteiger partial charge on any atom is 0.263 e. The first-order valence-corrected chi connectivity index (χ1v) is 9.56. The van der Waals surface area contributed by atoms with Gasteiger partial charge in [-0.25, -0.2) is 4.68 Å². The molecule has 0 spiro atoms. The molecule has 2 fully saturated rings. The monoisotopic (exact) mass is 373 g/mol. The van der Waals surface area contributed by atoms with Gasteiger partial charge < -0.3 is 10.2 Å². The average Bonchev–Trinajstić information content (AvgIpc) is 3.28. The van der Waals surface area contributed by atoms with E-state index < -0.39 is 0 Å². The number of H-pyrrole nitrogens is 1. The molecule has 2 N–H and O–H groups in total. The highest BCUT2D eigenvalue weighted by Crippen LogP contribution is 2.20. The van der Waals surface area contributed by atoms with E-state index in [1.165, 1.54) is 0 Å². The van der Waals surface area contributed by atoms with Gasteiger partial charge in [0, 0.05) is 32.2 Å². The second-order valence-corrected chi connectivity index (χ2v) is 8.46. The zero-order chi connectivity index (χ0) is 19.2. The van der Waals surface area contributed by atoms with Crippen molar-refractivity contribution in [3.8, 4) is 0 Å². The Bertz CT molecular complexity index is 899. The maximum absolute atomic E-state index is 12.5. The summed E-state index contributed by atoms with van der Waals surface area (Å²) in [6, 6.07) is 0.396. The van der Waals surface area contributed by atoms with Gasteiger partial charge in [-0.1, -0.05) is 0 Å². The predicted octanol–water partition coefficient (Wildman–Crippen LogP) is 0.275. The van der Waals surface area contributed by atoms with Crippen LogP contribution in [-0.4, -0.2) is 69.3 Å². The second-order valence-electron chi connectivity index (χ2n) is 8.46. The first kappa shape index (κ1) is 18.0. The second kappa shape index (κ2) is 6.63. The van der Waals surface area contributed by atoms with E-state index in [9.17, 15) is 9.59 Å². The number of hydrogen-bond acceptors (Lipinski definition) is 6. The number of anilines is 1. The molecule has 0 atom stereocenters. The summed E-state index contributed by atoms with van der Waals surface area (Å²) in [6.07, 6.45) is 3.78. The van der Waals surface area contributed by atoms with E-state index in [1.54, 1.807) is 10.9 Å². The lowest BCUT2D eigenvalue weighted by Crippen LogP contribution is -2.50. The smallest absolute Gasteiger partial charge is 0.263 e. The summed E-state index contributed by atoms with van der Waals surface area (Å²) < 4.78 is 1.79. The molecule has 2 aromatic heterocycles. The molecule has 3 heterocycles. The van der Waals surface area contributed by atoms with Gasteiger partial charge in [-0.15, -0.1) is 0 Å². The number of nitrogens with one attached hydrogen (secondary N) is 2. The first-order chi connectivity index (χ1) is 12.8. The number of rotatable bonds is 4. The number of nitrogens with zero attached hydrogens (tertiary/aromatic N) is 5. The normalized spacial score (nSPS) is 18.9. The number of hydrogen-bond donors (Lipinski definition) is 2. The van der Waals surface area contributed by atoms with Crippen molar-refractivity contribution >= 4 is 22.9 Å². The van der Waals surface area contributed by atoms with Crippen molar-refractivity contribution in [2.75, 3.05) is 37.6 Å². The fourth-order valence-electron chi connectivity index (χ4n) is 3.37. The molecular weight excluding hydrogens is 346 g/mol. The van der Waals surface area contributed by atoms with Gasteiger partial charge in [0.05, 0.1) is 18.3 Å². The summed E-state index contributed by atoms with van der Waals surface area (Å²) in [7, 11) is 0. The largest absolute Gasteiger partial charge is 0.352 e. The molecule has 2 aliphatic rings. The molecule has 2 aromatic rings. The number of amides is 1. The Morgan fingerprint density at radius 3 is 2.59 bits per heavy atom. The molecule has 1 aliphatic carbocycles. The summed E-state index contributed by atoms with van der Waals surface area (Å²) in [4.78, 5) is 36.2. The lowest BCUT2D eigenvalue weighted by Gasteiger charge is -2.34.